The maximum absolute atomic E-state index is 13.7. The largest absolute Gasteiger partial charge is 0.493 e. The zero-order valence-electron chi connectivity index (χ0n) is 20.3. The van der Waals surface area contributed by atoms with Gasteiger partial charge in [-0.15, -0.1) is 0 Å². The summed E-state index contributed by atoms with van der Waals surface area (Å²) < 4.78 is 24.3. The first-order valence-electron chi connectivity index (χ1n) is 11.4. The van der Waals surface area contributed by atoms with Crippen LogP contribution >= 0.6 is 0 Å². The van der Waals surface area contributed by atoms with Crippen molar-refractivity contribution in [2.45, 2.75) is 0 Å². The van der Waals surface area contributed by atoms with E-state index in [0.29, 0.717) is 54.8 Å². The van der Waals surface area contributed by atoms with E-state index in [0.717, 1.165) is 5.56 Å². The molecule has 192 valence electrons. The number of carbonyl (C=O) groups is 2. The van der Waals surface area contributed by atoms with Crippen LogP contribution in [0.2, 0.25) is 0 Å². The van der Waals surface area contributed by atoms with Gasteiger partial charge in [0.05, 0.1) is 19.8 Å². The number of piperazine rings is 1. The van der Waals surface area contributed by atoms with E-state index in [1.165, 1.54) is 37.1 Å². The van der Waals surface area contributed by atoms with Gasteiger partial charge in [-0.05, 0) is 41.5 Å². The van der Waals surface area contributed by atoms with E-state index in [2.05, 4.69) is 9.97 Å². The number of nitrogens with zero attached hydrogens (tertiary/aromatic N) is 4. The molecule has 1 fully saturated rings. The first kappa shape index (κ1) is 25.6. The molecule has 0 saturated carbocycles. The van der Waals surface area contributed by atoms with Crippen LogP contribution in [0.25, 0.3) is 11.6 Å². The van der Waals surface area contributed by atoms with Crippen molar-refractivity contribution >= 4 is 29.4 Å². The molecule has 1 aliphatic rings. The average Bonchev–Trinajstić information content (AvgIpc) is 2.95. The van der Waals surface area contributed by atoms with Crippen LogP contribution in [0.4, 0.5) is 10.3 Å². The molecule has 4 rings (SSSR count). The Hall–Kier alpha value is -4.51. The highest BCUT2D eigenvalue weighted by Crippen LogP contribution is 2.30. The monoisotopic (exact) mass is 507 g/mol. The molecule has 0 radical (unpaired) electrons. The highest BCUT2D eigenvalue weighted by molar-refractivity contribution is 6.24. The number of hydrogen-bond acceptors (Lipinski definition) is 8. The molecule has 0 atom stereocenters. The molecule has 1 aliphatic heterocycles. The summed E-state index contributed by atoms with van der Waals surface area (Å²) in [6.45, 7) is 1.77. The molecule has 1 aromatic heterocycles. The fourth-order valence-electron chi connectivity index (χ4n) is 3.95. The van der Waals surface area contributed by atoms with Gasteiger partial charge in [-0.2, -0.15) is 0 Å². The molecule has 10 nitrogen and oxygen atoms in total. The van der Waals surface area contributed by atoms with Crippen molar-refractivity contribution in [2.75, 3.05) is 45.3 Å². The van der Waals surface area contributed by atoms with Crippen molar-refractivity contribution in [3.05, 3.63) is 77.4 Å². The number of aromatic nitrogens is 2. The summed E-state index contributed by atoms with van der Waals surface area (Å²) in [4.78, 5) is 37.1. The Morgan fingerprint density at radius 3 is 2.19 bits per heavy atom. The van der Waals surface area contributed by atoms with E-state index in [1.807, 2.05) is 11.0 Å². The van der Waals surface area contributed by atoms with Gasteiger partial charge in [0.1, 0.15) is 5.82 Å². The van der Waals surface area contributed by atoms with Gasteiger partial charge < -0.3 is 19.3 Å². The summed E-state index contributed by atoms with van der Waals surface area (Å²) in [5, 5.41) is 8.73. The summed E-state index contributed by atoms with van der Waals surface area (Å²) in [5.41, 5.74) is 3.40. The SMILES string of the molecule is COc1ccc(/C=C(/C(=O)N2CCN(c3ncc(C(=O)NO)cn3)CC2)c2ccc(F)cc2)cc1OC. The van der Waals surface area contributed by atoms with Crippen molar-refractivity contribution in [2.24, 2.45) is 0 Å². The molecule has 2 aromatic carbocycles. The van der Waals surface area contributed by atoms with Crippen LogP contribution in [0, 0.1) is 5.82 Å². The maximum atomic E-state index is 13.7. The number of rotatable bonds is 7. The van der Waals surface area contributed by atoms with Gasteiger partial charge in [-0.3, -0.25) is 14.8 Å². The van der Waals surface area contributed by atoms with E-state index in [1.54, 1.807) is 42.4 Å². The Morgan fingerprint density at radius 1 is 0.946 bits per heavy atom. The van der Waals surface area contributed by atoms with Crippen molar-refractivity contribution in [1.82, 2.24) is 20.3 Å². The lowest BCUT2D eigenvalue weighted by Gasteiger charge is -2.35. The van der Waals surface area contributed by atoms with Crippen LogP contribution in [0.5, 0.6) is 11.5 Å². The predicted molar refractivity (Wildman–Crippen MR) is 134 cm³/mol. The number of nitrogens with one attached hydrogen (secondary N) is 1. The first-order chi connectivity index (χ1) is 17.9. The number of benzene rings is 2. The van der Waals surface area contributed by atoms with Gasteiger partial charge in [0.15, 0.2) is 11.5 Å². The van der Waals surface area contributed by atoms with Crippen molar-refractivity contribution in [3.63, 3.8) is 0 Å². The van der Waals surface area contributed by atoms with Gasteiger partial charge in [-0.25, -0.2) is 19.8 Å². The Balaban J connectivity index is 1.55. The Kier molecular flexibility index (Phi) is 7.94. The summed E-state index contributed by atoms with van der Waals surface area (Å²) in [5.74, 6) is 0.225. The quantitative estimate of drug-likeness (QED) is 0.217. The third-order valence-electron chi connectivity index (χ3n) is 5.96. The lowest BCUT2D eigenvalue weighted by atomic mass is 10.0. The highest BCUT2D eigenvalue weighted by atomic mass is 19.1. The van der Waals surface area contributed by atoms with Crippen molar-refractivity contribution in [1.29, 1.82) is 0 Å². The molecule has 11 heteroatoms. The van der Waals surface area contributed by atoms with E-state index in [9.17, 15) is 14.0 Å². The summed E-state index contributed by atoms with van der Waals surface area (Å²) >= 11 is 0. The Labute approximate surface area is 212 Å². The van der Waals surface area contributed by atoms with Gasteiger partial charge in [0.25, 0.3) is 11.8 Å². The molecule has 0 spiro atoms. The molecule has 1 saturated heterocycles. The van der Waals surface area contributed by atoms with Gasteiger partial charge >= 0.3 is 0 Å². The second-order valence-electron chi connectivity index (χ2n) is 8.17. The topological polar surface area (TPSA) is 117 Å². The number of amides is 2. The molecule has 2 heterocycles. The number of hydroxylamine groups is 1. The minimum Gasteiger partial charge on any atom is -0.493 e. The molecular formula is C26H26FN5O5. The summed E-state index contributed by atoms with van der Waals surface area (Å²) in [6.07, 6.45) is 4.39. The van der Waals surface area contributed by atoms with E-state index in [-0.39, 0.29) is 11.5 Å². The Morgan fingerprint density at radius 2 is 1.59 bits per heavy atom. The standard InChI is InChI=1S/C26H26FN5O5/c1-36-22-8-3-17(14-23(22)37-2)13-21(18-4-6-20(27)7-5-18)25(34)31-9-11-32(12-10-31)26-28-15-19(16-29-26)24(33)30-35/h3-8,13-16,35H,9-12H2,1-2H3,(H,30,33)/b21-13+. The van der Waals surface area contributed by atoms with Crippen LogP contribution in [0.3, 0.4) is 0 Å². The molecule has 37 heavy (non-hydrogen) atoms. The van der Waals surface area contributed by atoms with Crippen molar-refractivity contribution < 1.29 is 28.7 Å². The van der Waals surface area contributed by atoms with E-state index in [4.69, 9.17) is 14.7 Å². The number of hydrogen-bond donors (Lipinski definition) is 2. The molecule has 0 bridgehead atoms. The van der Waals surface area contributed by atoms with Gasteiger partial charge in [-0.1, -0.05) is 18.2 Å². The van der Waals surface area contributed by atoms with Crippen LogP contribution in [-0.2, 0) is 4.79 Å². The number of carbonyl (C=O) groups excluding carboxylic acids is 2. The molecule has 0 unspecified atom stereocenters. The molecule has 0 aliphatic carbocycles. The number of halogens is 1. The minimum absolute atomic E-state index is 0.129. The van der Waals surface area contributed by atoms with Crippen LogP contribution < -0.4 is 19.9 Å². The molecule has 2 amide bonds. The highest BCUT2D eigenvalue weighted by Gasteiger charge is 2.26. The van der Waals surface area contributed by atoms with Crippen molar-refractivity contribution in [3.8, 4) is 11.5 Å². The lowest BCUT2D eigenvalue weighted by Crippen LogP contribution is -2.49. The average molecular weight is 508 g/mol. The fourth-order valence-corrected chi connectivity index (χ4v) is 3.95. The summed E-state index contributed by atoms with van der Waals surface area (Å²) in [7, 11) is 3.08. The third kappa shape index (κ3) is 5.84. The van der Waals surface area contributed by atoms with E-state index >= 15 is 0 Å². The predicted octanol–water partition coefficient (Wildman–Crippen LogP) is 2.64. The Bertz CT molecular complexity index is 1290. The molecule has 3 aromatic rings. The first-order valence-corrected chi connectivity index (χ1v) is 11.4. The normalized spacial score (nSPS) is 13.8. The second kappa shape index (κ2) is 11.5. The fraction of sp³-hybridized carbons (Fsp3) is 0.231. The number of ether oxygens (including phenoxy) is 2. The smallest absolute Gasteiger partial charge is 0.277 e. The number of anilines is 1. The van der Waals surface area contributed by atoms with Crippen LogP contribution in [-0.4, -0.2) is 72.3 Å². The van der Waals surface area contributed by atoms with Crippen LogP contribution in [0.1, 0.15) is 21.5 Å². The van der Waals surface area contributed by atoms with Gasteiger partial charge in [0.2, 0.25) is 5.95 Å². The number of methoxy groups -OCH3 is 2. The zero-order chi connectivity index (χ0) is 26.4. The third-order valence-corrected chi connectivity index (χ3v) is 5.96. The zero-order valence-corrected chi connectivity index (χ0v) is 20.3. The van der Waals surface area contributed by atoms with E-state index < -0.39 is 11.7 Å². The van der Waals surface area contributed by atoms with Crippen LogP contribution in [0.15, 0.2) is 54.9 Å². The second-order valence-corrected chi connectivity index (χ2v) is 8.17. The molecule has 2 N–H and O–H groups in total. The molecular weight excluding hydrogens is 481 g/mol. The minimum atomic E-state index is -0.698. The van der Waals surface area contributed by atoms with Gasteiger partial charge in [0, 0.05) is 44.1 Å². The summed E-state index contributed by atoms with van der Waals surface area (Å²) in [6, 6.07) is 11.1. The maximum Gasteiger partial charge on any atom is 0.277 e. The lowest BCUT2D eigenvalue weighted by molar-refractivity contribution is -0.125.